The van der Waals surface area contributed by atoms with Crippen molar-refractivity contribution in [3.8, 4) is 0 Å². The van der Waals surface area contributed by atoms with Crippen LogP contribution in [0, 0.1) is 5.41 Å². The van der Waals surface area contributed by atoms with Crippen LogP contribution in [0.25, 0.3) is 0 Å². The molecule has 0 aromatic rings. The van der Waals surface area contributed by atoms with E-state index in [0.717, 1.165) is 0 Å². The molecule has 0 aliphatic heterocycles. The number of rotatable bonds is 5. The van der Waals surface area contributed by atoms with Crippen LogP contribution in [0.2, 0.25) is 0 Å². The van der Waals surface area contributed by atoms with Gasteiger partial charge in [0.25, 0.3) is 10.2 Å². The zero-order chi connectivity index (χ0) is 11.4. The Morgan fingerprint density at radius 3 is 2.29 bits per heavy atom. The van der Waals surface area contributed by atoms with Crippen LogP contribution < -0.4 is 15.2 Å². The molecular formula is C7H18N4O2S. The molecule has 0 radical (unpaired) electrons. The van der Waals surface area contributed by atoms with Crippen LogP contribution in [0.3, 0.4) is 0 Å². The molecule has 0 bridgehead atoms. The molecule has 0 saturated heterocycles. The molecule has 7 heteroatoms. The molecule has 0 atom stereocenters. The van der Waals surface area contributed by atoms with Crippen molar-refractivity contribution in [2.24, 2.45) is 5.73 Å². The number of amidine groups is 1. The van der Waals surface area contributed by atoms with Crippen molar-refractivity contribution in [1.82, 2.24) is 9.44 Å². The first-order valence-electron chi connectivity index (χ1n) is 4.24. The summed E-state index contributed by atoms with van der Waals surface area (Å²) in [4.78, 5) is 0. The summed E-state index contributed by atoms with van der Waals surface area (Å²) in [7, 11) is -3.49. The third-order valence-corrected chi connectivity index (χ3v) is 2.59. The zero-order valence-corrected chi connectivity index (χ0v) is 9.53. The maximum absolute atomic E-state index is 11.3. The van der Waals surface area contributed by atoms with E-state index < -0.39 is 15.7 Å². The minimum Gasteiger partial charge on any atom is -0.388 e. The molecule has 0 rings (SSSR count). The Bertz CT molecular complexity index is 291. The lowest BCUT2D eigenvalue weighted by Crippen LogP contribution is -2.47. The zero-order valence-electron chi connectivity index (χ0n) is 8.72. The Morgan fingerprint density at radius 2 is 1.93 bits per heavy atom. The predicted octanol–water partition coefficient (Wildman–Crippen LogP) is -0.465. The standard InChI is InChI=1S/C7H18N4O2S/c1-7(2,3)11-14(12,13)10-5-4-6(8)9/h10-11H,4-5H2,1-3H3,(H3,8,9). The Kier molecular flexibility index (Phi) is 4.50. The third-order valence-electron chi connectivity index (χ3n) is 1.13. The van der Waals surface area contributed by atoms with Crippen LogP contribution in [0.4, 0.5) is 0 Å². The summed E-state index contributed by atoms with van der Waals surface area (Å²) >= 11 is 0. The van der Waals surface area contributed by atoms with E-state index >= 15 is 0 Å². The van der Waals surface area contributed by atoms with Crippen LogP contribution in [-0.2, 0) is 10.2 Å². The van der Waals surface area contributed by atoms with E-state index in [4.69, 9.17) is 11.1 Å². The second-order valence-corrected chi connectivity index (χ2v) is 5.52. The van der Waals surface area contributed by atoms with Crippen molar-refractivity contribution in [2.75, 3.05) is 6.54 Å². The molecule has 5 N–H and O–H groups in total. The van der Waals surface area contributed by atoms with Crippen LogP contribution in [-0.4, -0.2) is 26.3 Å². The molecule has 6 nitrogen and oxygen atoms in total. The Balaban J connectivity index is 4.04. The van der Waals surface area contributed by atoms with Gasteiger partial charge in [-0.1, -0.05) is 0 Å². The van der Waals surface area contributed by atoms with Gasteiger partial charge in [-0.3, -0.25) is 5.41 Å². The molecule has 0 unspecified atom stereocenters. The second kappa shape index (κ2) is 4.72. The average Bonchev–Trinajstić information content (AvgIpc) is 1.78. The van der Waals surface area contributed by atoms with Gasteiger partial charge in [0.2, 0.25) is 0 Å². The van der Waals surface area contributed by atoms with E-state index in [9.17, 15) is 8.42 Å². The number of nitrogens with two attached hydrogens (primary N) is 1. The molecule has 0 heterocycles. The summed E-state index contributed by atoms with van der Waals surface area (Å²) in [5.41, 5.74) is 4.57. The normalized spacial score (nSPS) is 12.8. The van der Waals surface area contributed by atoms with Crippen LogP contribution in [0.1, 0.15) is 27.2 Å². The largest absolute Gasteiger partial charge is 0.388 e. The molecule has 0 saturated carbocycles. The number of nitrogens with one attached hydrogen (secondary N) is 3. The summed E-state index contributed by atoms with van der Waals surface area (Å²) in [6.45, 7) is 5.38. The van der Waals surface area contributed by atoms with Crippen LogP contribution in [0.15, 0.2) is 0 Å². The van der Waals surface area contributed by atoms with Gasteiger partial charge in [-0.25, -0.2) is 4.72 Å². The van der Waals surface area contributed by atoms with Crippen molar-refractivity contribution < 1.29 is 8.42 Å². The minimum absolute atomic E-state index is 0.0385. The van der Waals surface area contributed by atoms with Crippen molar-refractivity contribution in [3.63, 3.8) is 0 Å². The molecule has 0 amide bonds. The van der Waals surface area contributed by atoms with Crippen molar-refractivity contribution in [1.29, 1.82) is 5.41 Å². The van der Waals surface area contributed by atoms with E-state index in [2.05, 4.69) is 9.44 Å². The summed E-state index contributed by atoms with van der Waals surface area (Å²) in [6.07, 6.45) is 0.213. The Labute approximate surface area is 85.0 Å². The first kappa shape index (κ1) is 13.3. The lowest BCUT2D eigenvalue weighted by molar-refractivity contribution is 0.484. The van der Waals surface area contributed by atoms with Gasteiger partial charge >= 0.3 is 0 Å². The highest BCUT2D eigenvalue weighted by Crippen LogP contribution is 2.00. The topological polar surface area (TPSA) is 108 Å². The number of hydrogen-bond donors (Lipinski definition) is 4. The van der Waals surface area contributed by atoms with E-state index in [1.54, 1.807) is 20.8 Å². The van der Waals surface area contributed by atoms with Gasteiger partial charge in [0.05, 0.1) is 5.84 Å². The molecule has 0 aromatic heterocycles. The summed E-state index contributed by atoms with van der Waals surface area (Å²) in [5, 5.41) is 6.90. The van der Waals surface area contributed by atoms with Gasteiger partial charge in [-0.15, -0.1) is 0 Å². The van der Waals surface area contributed by atoms with Gasteiger partial charge in [0.1, 0.15) is 0 Å². The quantitative estimate of drug-likeness (QED) is 0.373. The molecule has 0 aliphatic carbocycles. The molecule has 0 aliphatic rings. The van der Waals surface area contributed by atoms with E-state index in [-0.39, 0.29) is 18.8 Å². The lowest BCUT2D eigenvalue weighted by Gasteiger charge is -2.20. The summed E-state index contributed by atoms with van der Waals surface area (Å²) in [6, 6.07) is 0. The first-order valence-corrected chi connectivity index (χ1v) is 5.72. The molecule has 0 fully saturated rings. The van der Waals surface area contributed by atoms with Gasteiger partial charge in [0.15, 0.2) is 0 Å². The smallest absolute Gasteiger partial charge is 0.277 e. The third kappa shape index (κ3) is 7.96. The highest BCUT2D eigenvalue weighted by Gasteiger charge is 2.18. The maximum Gasteiger partial charge on any atom is 0.277 e. The Hall–Kier alpha value is -0.660. The van der Waals surface area contributed by atoms with Gasteiger partial charge in [0, 0.05) is 18.5 Å². The minimum atomic E-state index is -3.49. The predicted molar refractivity (Wildman–Crippen MR) is 56.3 cm³/mol. The lowest BCUT2D eigenvalue weighted by atomic mass is 10.1. The molecular weight excluding hydrogens is 204 g/mol. The monoisotopic (exact) mass is 222 g/mol. The maximum atomic E-state index is 11.3. The fourth-order valence-corrected chi connectivity index (χ4v) is 2.01. The fraction of sp³-hybridized carbons (Fsp3) is 0.857. The van der Waals surface area contributed by atoms with Gasteiger partial charge in [-0.05, 0) is 20.8 Å². The molecule has 0 spiro atoms. The average molecular weight is 222 g/mol. The van der Waals surface area contributed by atoms with Crippen LogP contribution >= 0.6 is 0 Å². The highest BCUT2D eigenvalue weighted by molar-refractivity contribution is 7.87. The van der Waals surface area contributed by atoms with E-state index in [1.807, 2.05) is 0 Å². The van der Waals surface area contributed by atoms with Gasteiger partial charge < -0.3 is 5.73 Å². The Morgan fingerprint density at radius 1 is 1.43 bits per heavy atom. The molecule has 14 heavy (non-hydrogen) atoms. The SMILES string of the molecule is CC(C)(C)NS(=O)(=O)NCCC(=N)N. The summed E-state index contributed by atoms with van der Waals surface area (Å²) < 4.78 is 27.3. The van der Waals surface area contributed by atoms with Crippen molar-refractivity contribution >= 4 is 16.0 Å². The van der Waals surface area contributed by atoms with E-state index in [0.29, 0.717) is 0 Å². The first-order chi connectivity index (χ1) is 6.12. The highest BCUT2D eigenvalue weighted by atomic mass is 32.2. The summed E-state index contributed by atoms with van der Waals surface area (Å²) in [5.74, 6) is -0.0385. The second-order valence-electron chi connectivity index (χ2n) is 4.03. The number of hydrogen-bond acceptors (Lipinski definition) is 3. The molecule has 84 valence electrons. The van der Waals surface area contributed by atoms with E-state index in [1.165, 1.54) is 0 Å². The fourth-order valence-electron chi connectivity index (χ4n) is 0.759. The van der Waals surface area contributed by atoms with Gasteiger partial charge in [-0.2, -0.15) is 13.1 Å². The van der Waals surface area contributed by atoms with Crippen molar-refractivity contribution in [2.45, 2.75) is 32.7 Å². The van der Waals surface area contributed by atoms with Crippen LogP contribution in [0.5, 0.6) is 0 Å². The van der Waals surface area contributed by atoms with Crippen molar-refractivity contribution in [3.05, 3.63) is 0 Å². The molecule has 0 aromatic carbocycles.